The molecule has 0 saturated carbocycles. The summed E-state index contributed by atoms with van der Waals surface area (Å²) in [5.41, 5.74) is 0. The highest BCUT2D eigenvalue weighted by Crippen LogP contribution is 1.96. The van der Waals surface area contributed by atoms with E-state index in [1.54, 1.807) is 6.92 Å². The van der Waals surface area contributed by atoms with Crippen LogP contribution in [0, 0.1) is 0 Å². The first kappa shape index (κ1) is 10.2. The van der Waals surface area contributed by atoms with Crippen molar-refractivity contribution in [3.8, 4) is 0 Å². The summed E-state index contributed by atoms with van der Waals surface area (Å²) in [7, 11) is 0. The van der Waals surface area contributed by atoms with Gasteiger partial charge in [-0.2, -0.15) is 0 Å². The topological polar surface area (TPSA) is 46.5 Å². The Morgan fingerprint density at radius 2 is 2.18 bits per heavy atom. The smallest absolute Gasteiger partial charge is 0.332 e. The third-order valence-electron chi connectivity index (χ3n) is 1.00. The normalized spacial score (nSPS) is 14.7. The van der Waals surface area contributed by atoms with Gasteiger partial charge >= 0.3 is 5.97 Å². The Bertz CT molecular complexity index is 136. The van der Waals surface area contributed by atoms with Crippen molar-refractivity contribution in [3.63, 3.8) is 0 Å². The fourth-order valence-electron chi connectivity index (χ4n) is 0.321. The Balaban J connectivity index is 0.000000271. The van der Waals surface area contributed by atoms with Crippen LogP contribution in [-0.2, 0) is 9.53 Å². The zero-order valence-electron chi connectivity index (χ0n) is 6.91. The fraction of sp³-hybridized carbons (Fsp3) is 0.625. The first-order valence-electron chi connectivity index (χ1n) is 3.68. The number of aliphatic carboxylic acids is 1. The van der Waals surface area contributed by atoms with Crippen molar-refractivity contribution < 1.29 is 14.6 Å². The maximum absolute atomic E-state index is 9.96. The van der Waals surface area contributed by atoms with Gasteiger partial charge in [0.15, 0.2) is 6.10 Å². The van der Waals surface area contributed by atoms with E-state index in [4.69, 9.17) is 9.84 Å². The molecule has 0 heterocycles. The molecule has 0 aliphatic heterocycles. The van der Waals surface area contributed by atoms with Gasteiger partial charge < -0.3 is 9.84 Å². The highest BCUT2D eigenvalue weighted by molar-refractivity contribution is 5.71. The molecule has 0 aromatic rings. The van der Waals surface area contributed by atoms with Crippen LogP contribution in [0.15, 0.2) is 12.2 Å². The van der Waals surface area contributed by atoms with Crippen LogP contribution in [-0.4, -0.2) is 23.8 Å². The van der Waals surface area contributed by atoms with Gasteiger partial charge in [0, 0.05) is 6.61 Å². The first-order chi connectivity index (χ1) is 5.18. The Morgan fingerprint density at radius 3 is 2.27 bits per heavy atom. The molecule has 0 bridgehead atoms. The Morgan fingerprint density at radius 1 is 1.73 bits per heavy atom. The number of hydrogen-bond donors (Lipinski definition) is 1. The Kier molecular flexibility index (Phi) is 5.47. The summed E-state index contributed by atoms with van der Waals surface area (Å²) in [4.78, 5) is 9.96. The van der Waals surface area contributed by atoms with Crippen molar-refractivity contribution >= 4 is 5.97 Å². The van der Waals surface area contributed by atoms with Crippen molar-refractivity contribution in [1.29, 1.82) is 0 Å². The zero-order chi connectivity index (χ0) is 8.69. The molecule has 0 radical (unpaired) electrons. The standard InChI is InChI=1S/C5H10O3.C3H4/c1-3-8-4(2)5(6)7;1-2-3-1/h4H,3H2,1-2H3,(H,6,7);1-2H,3H2. The van der Waals surface area contributed by atoms with E-state index in [0.717, 1.165) is 0 Å². The molecule has 1 rings (SSSR count). The third-order valence-corrected chi connectivity index (χ3v) is 1.00. The molecular formula is C8H14O3. The van der Waals surface area contributed by atoms with Gasteiger partial charge in [0.1, 0.15) is 0 Å². The molecule has 0 spiro atoms. The summed E-state index contributed by atoms with van der Waals surface area (Å²) >= 11 is 0. The summed E-state index contributed by atoms with van der Waals surface area (Å²) < 4.78 is 4.70. The SMILES string of the molecule is C1=CC1.CCOC(C)C(=O)O. The van der Waals surface area contributed by atoms with E-state index in [-0.39, 0.29) is 0 Å². The van der Waals surface area contributed by atoms with Gasteiger partial charge in [0.05, 0.1) is 0 Å². The van der Waals surface area contributed by atoms with Gasteiger partial charge in [0.25, 0.3) is 0 Å². The molecule has 0 amide bonds. The number of carbonyl (C=O) groups is 1. The lowest BCUT2D eigenvalue weighted by Crippen LogP contribution is -2.19. The molecular weight excluding hydrogens is 144 g/mol. The number of hydrogen-bond acceptors (Lipinski definition) is 2. The van der Waals surface area contributed by atoms with Crippen LogP contribution in [0.3, 0.4) is 0 Å². The Labute approximate surface area is 66.7 Å². The number of rotatable bonds is 3. The van der Waals surface area contributed by atoms with Crippen LogP contribution in [0.1, 0.15) is 20.3 Å². The molecule has 1 aliphatic carbocycles. The summed E-state index contributed by atoms with van der Waals surface area (Å²) in [5, 5.41) is 8.19. The van der Waals surface area contributed by atoms with Crippen molar-refractivity contribution in [2.75, 3.05) is 6.61 Å². The monoisotopic (exact) mass is 158 g/mol. The fourth-order valence-corrected chi connectivity index (χ4v) is 0.321. The molecule has 3 heteroatoms. The van der Waals surface area contributed by atoms with Gasteiger partial charge in [-0.1, -0.05) is 12.2 Å². The molecule has 64 valence electrons. The molecule has 0 aromatic heterocycles. The zero-order valence-corrected chi connectivity index (χ0v) is 6.91. The molecule has 1 atom stereocenters. The van der Waals surface area contributed by atoms with Crippen LogP contribution in [0.4, 0.5) is 0 Å². The van der Waals surface area contributed by atoms with Gasteiger partial charge in [0.2, 0.25) is 0 Å². The Hall–Kier alpha value is -0.830. The van der Waals surface area contributed by atoms with Gasteiger partial charge in [-0.25, -0.2) is 4.79 Å². The first-order valence-corrected chi connectivity index (χ1v) is 3.68. The van der Waals surface area contributed by atoms with E-state index in [1.807, 2.05) is 0 Å². The minimum atomic E-state index is -0.910. The molecule has 11 heavy (non-hydrogen) atoms. The third kappa shape index (κ3) is 9.17. The average Bonchev–Trinajstić information content (AvgIpc) is 2.72. The molecule has 1 N–H and O–H groups in total. The number of allylic oxidation sites excluding steroid dienone is 2. The summed E-state index contributed by atoms with van der Waals surface area (Å²) in [6.45, 7) is 3.72. The number of carboxylic acids is 1. The molecule has 0 saturated heterocycles. The predicted octanol–water partition coefficient (Wildman–Crippen LogP) is 1.44. The van der Waals surface area contributed by atoms with Crippen LogP contribution in [0.25, 0.3) is 0 Å². The largest absolute Gasteiger partial charge is 0.479 e. The van der Waals surface area contributed by atoms with Crippen LogP contribution in [0.5, 0.6) is 0 Å². The molecule has 3 nitrogen and oxygen atoms in total. The van der Waals surface area contributed by atoms with Crippen molar-refractivity contribution in [3.05, 3.63) is 12.2 Å². The van der Waals surface area contributed by atoms with Crippen molar-refractivity contribution in [1.82, 2.24) is 0 Å². The van der Waals surface area contributed by atoms with Crippen LogP contribution >= 0.6 is 0 Å². The predicted molar refractivity (Wildman–Crippen MR) is 42.5 cm³/mol. The summed E-state index contributed by atoms with van der Waals surface area (Å²) in [6.07, 6.45) is 4.83. The highest BCUT2D eigenvalue weighted by atomic mass is 16.5. The highest BCUT2D eigenvalue weighted by Gasteiger charge is 2.07. The maximum Gasteiger partial charge on any atom is 0.332 e. The van der Waals surface area contributed by atoms with Crippen molar-refractivity contribution in [2.45, 2.75) is 26.4 Å². The van der Waals surface area contributed by atoms with E-state index < -0.39 is 12.1 Å². The van der Waals surface area contributed by atoms with Crippen LogP contribution < -0.4 is 0 Å². The summed E-state index contributed by atoms with van der Waals surface area (Å²) in [5.74, 6) is -0.910. The quantitative estimate of drug-likeness (QED) is 0.632. The summed E-state index contributed by atoms with van der Waals surface area (Å²) in [6, 6.07) is 0. The van der Waals surface area contributed by atoms with E-state index in [1.165, 1.54) is 13.3 Å². The van der Waals surface area contributed by atoms with E-state index in [0.29, 0.717) is 6.61 Å². The van der Waals surface area contributed by atoms with Gasteiger partial charge in [-0.05, 0) is 20.3 Å². The van der Waals surface area contributed by atoms with Gasteiger partial charge in [-0.3, -0.25) is 0 Å². The van der Waals surface area contributed by atoms with Crippen LogP contribution in [0.2, 0.25) is 0 Å². The molecule has 1 unspecified atom stereocenters. The van der Waals surface area contributed by atoms with E-state index in [2.05, 4.69) is 12.2 Å². The molecule has 0 fully saturated rings. The van der Waals surface area contributed by atoms with Crippen molar-refractivity contribution in [2.24, 2.45) is 0 Å². The second-order valence-electron chi connectivity index (χ2n) is 2.14. The number of ether oxygens (including phenoxy) is 1. The van der Waals surface area contributed by atoms with E-state index in [9.17, 15) is 4.79 Å². The average molecular weight is 158 g/mol. The lowest BCUT2D eigenvalue weighted by Gasteiger charge is -2.03. The van der Waals surface area contributed by atoms with E-state index >= 15 is 0 Å². The minimum absolute atomic E-state index is 0.452. The molecule has 0 aromatic carbocycles. The number of carboxylic acid groups (broad SMARTS) is 1. The minimum Gasteiger partial charge on any atom is -0.479 e. The lowest BCUT2D eigenvalue weighted by molar-refractivity contribution is -0.148. The lowest BCUT2D eigenvalue weighted by atomic mass is 10.4. The maximum atomic E-state index is 9.96. The second-order valence-corrected chi connectivity index (χ2v) is 2.14. The molecule has 1 aliphatic rings. The second kappa shape index (κ2) is 5.92. The van der Waals surface area contributed by atoms with Gasteiger partial charge in [-0.15, -0.1) is 0 Å².